The van der Waals surface area contributed by atoms with Gasteiger partial charge >= 0.3 is 0 Å². The minimum absolute atomic E-state index is 0.0451. The number of hydrogen-bond donors (Lipinski definition) is 1. The molecule has 2 heterocycles. The molecule has 1 aliphatic heterocycles. The molecule has 1 N–H and O–H groups in total. The standard InChI is InChI=1S/C19H22N4O2/c1-13-5-7-16(8-6-13)22-18(24)15-4-3-9-23(12-15)19(25)17-11-20-14(2)10-21-17/h5-8,10-11,15H,3-4,9,12H2,1-2H3,(H,22,24)/t15-/m0/s1. The van der Waals surface area contributed by atoms with Gasteiger partial charge in [0.1, 0.15) is 5.69 Å². The lowest BCUT2D eigenvalue weighted by Gasteiger charge is -2.31. The summed E-state index contributed by atoms with van der Waals surface area (Å²) in [7, 11) is 0. The minimum Gasteiger partial charge on any atom is -0.336 e. The molecule has 1 aromatic carbocycles. The summed E-state index contributed by atoms with van der Waals surface area (Å²) < 4.78 is 0. The van der Waals surface area contributed by atoms with Gasteiger partial charge in [-0.3, -0.25) is 14.6 Å². The molecule has 0 spiro atoms. The molecule has 1 saturated heterocycles. The number of aryl methyl sites for hydroxylation is 2. The highest BCUT2D eigenvalue weighted by Crippen LogP contribution is 2.20. The molecule has 0 saturated carbocycles. The second-order valence-electron chi connectivity index (χ2n) is 6.49. The first kappa shape index (κ1) is 17.1. The van der Waals surface area contributed by atoms with E-state index in [0.29, 0.717) is 18.8 Å². The van der Waals surface area contributed by atoms with Crippen LogP contribution >= 0.6 is 0 Å². The van der Waals surface area contributed by atoms with Crippen molar-refractivity contribution in [2.24, 2.45) is 5.92 Å². The van der Waals surface area contributed by atoms with Crippen molar-refractivity contribution in [2.45, 2.75) is 26.7 Å². The third-order valence-corrected chi connectivity index (χ3v) is 4.40. The van der Waals surface area contributed by atoms with Crippen molar-refractivity contribution in [2.75, 3.05) is 18.4 Å². The SMILES string of the molecule is Cc1ccc(NC(=O)[C@H]2CCCN(C(=O)c3cnc(C)cn3)C2)cc1. The summed E-state index contributed by atoms with van der Waals surface area (Å²) in [6.45, 7) is 4.88. The average Bonchev–Trinajstić information content (AvgIpc) is 2.64. The van der Waals surface area contributed by atoms with Crippen LogP contribution in [0.5, 0.6) is 0 Å². The van der Waals surface area contributed by atoms with Crippen LogP contribution in [0.25, 0.3) is 0 Å². The van der Waals surface area contributed by atoms with E-state index in [-0.39, 0.29) is 17.7 Å². The molecule has 0 bridgehead atoms. The summed E-state index contributed by atoms with van der Waals surface area (Å²) in [5.74, 6) is -0.422. The first-order chi connectivity index (χ1) is 12.0. The number of carbonyl (C=O) groups excluding carboxylic acids is 2. The molecule has 1 atom stereocenters. The molecule has 3 rings (SSSR count). The predicted molar refractivity (Wildman–Crippen MR) is 95.2 cm³/mol. The van der Waals surface area contributed by atoms with E-state index < -0.39 is 0 Å². The van der Waals surface area contributed by atoms with Gasteiger partial charge in [0.2, 0.25) is 5.91 Å². The molecule has 0 radical (unpaired) electrons. The number of carbonyl (C=O) groups is 2. The Balaban J connectivity index is 1.63. The topological polar surface area (TPSA) is 75.2 Å². The summed E-state index contributed by atoms with van der Waals surface area (Å²) >= 11 is 0. The van der Waals surface area contributed by atoms with Gasteiger partial charge in [-0.1, -0.05) is 17.7 Å². The molecule has 2 aromatic rings. The highest BCUT2D eigenvalue weighted by Gasteiger charge is 2.29. The van der Waals surface area contributed by atoms with Crippen molar-refractivity contribution in [1.82, 2.24) is 14.9 Å². The highest BCUT2D eigenvalue weighted by molar-refractivity contribution is 5.95. The predicted octanol–water partition coefficient (Wildman–Crippen LogP) is 2.58. The van der Waals surface area contributed by atoms with Crippen molar-refractivity contribution in [1.29, 1.82) is 0 Å². The third-order valence-electron chi connectivity index (χ3n) is 4.40. The second kappa shape index (κ2) is 7.42. The van der Waals surface area contributed by atoms with Crippen molar-refractivity contribution in [3.63, 3.8) is 0 Å². The van der Waals surface area contributed by atoms with Crippen LogP contribution < -0.4 is 5.32 Å². The molecular weight excluding hydrogens is 316 g/mol. The lowest BCUT2D eigenvalue weighted by Crippen LogP contribution is -2.44. The van der Waals surface area contributed by atoms with Gasteiger partial charge in [0, 0.05) is 25.0 Å². The lowest BCUT2D eigenvalue weighted by atomic mass is 9.96. The van der Waals surface area contributed by atoms with E-state index in [4.69, 9.17) is 0 Å². The smallest absolute Gasteiger partial charge is 0.274 e. The Hall–Kier alpha value is -2.76. The monoisotopic (exact) mass is 338 g/mol. The fourth-order valence-corrected chi connectivity index (χ4v) is 2.92. The summed E-state index contributed by atoms with van der Waals surface area (Å²) in [6.07, 6.45) is 4.66. The molecule has 25 heavy (non-hydrogen) atoms. The molecule has 1 aliphatic rings. The molecule has 0 aliphatic carbocycles. The number of amides is 2. The summed E-state index contributed by atoms with van der Waals surface area (Å²) in [4.78, 5) is 35.1. The Morgan fingerprint density at radius 3 is 2.56 bits per heavy atom. The van der Waals surface area contributed by atoms with E-state index in [1.165, 1.54) is 6.20 Å². The first-order valence-electron chi connectivity index (χ1n) is 8.48. The number of hydrogen-bond acceptors (Lipinski definition) is 4. The van der Waals surface area contributed by atoms with Gasteiger partial charge in [0.05, 0.1) is 17.8 Å². The number of nitrogens with zero attached hydrogens (tertiary/aromatic N) is 3. The summed E-state index contributed by atoms with van der Waals surface area (Å²) in [5, 5.41) is 2.94. The van der Waals surface area contributed by atoms with E-state index in [2.05, 4.69) is 15.3 Å². The molecule has 6 heteroatoms. The van der Waals surface area contributed by atoms with E-state index in [9.17, 15) is 9.59 Å². The lowest BCUT2D eigenvalue weighted by molar-refractivity contribution is -0.121. The van der Waals surface area contributed by atoms with Crippen LogP contribution in [0.15, 0.2) is 36.7 Å². The molecule has 1 aromatic heterocycles. The van der Waals surface area contributed by atoms with E-state index in [1.54, 1.807) is 11.1 Å². The van der Waals surface area contributed by atoms with Crippen molar-refractivity contribution >= 4 is 17.5 Å². The zero-order chi connectivity index (χ0) is 17.8. The highest BCUT2D eigenvalue weighted by atomic mass is 16.2. The van der Waals surface area contributed by atoms with Gasteiger partial charge in [-0.25, -0.2) is 4.98 Å². The summed E-state index contributed by atoms with van der Waals surface area (Å²) in [6, 6.07) is 7.70. The fraction of sp³-hybridized carbons (Fsp3) is 0.368. The van der Waals surface area contributed by atoms with Crippen molar-refractivity contribution in [3.05, 3.63) is 53.6 Å². The first-order valence-corrected chi connectivity index (χ1v) is 8.48. The maximum atomic E-state index is 12.6. The maximum absolute atomic E-state index is 12.6. The number of likely N-dealkylation sites (tertiary alicyclic amines) is 1. The second-order valence-corrected chi connectivity index (χ2v) is 6.49. The Morgan fingerprint density at radius 1 is 1.12 bits per heavy atom. The largest absolute Gasteiger partial charge is 0.336 e. The van der Waals surface area contributed by atoms with Crippen LogP contribution in [0, 0.1) is 19.8 Å². The number of rotatable bonds is 3. The van der Waals surface area contributed by atoms with Crippen molar-refractivity contribution in [3.8, 4) is 0 Å². The van der Waals surface area contributed by atoms with Gasteiger partial charge in [0.15, 0.2) is 0 Å². The number of piperidine rings is 1. The number of anilines is 1. The average molecular weight is 338 g/mol. The Bertz CT molecular complexity index is 756. The summed E-state index contributed by atoms with van der Waals surface area (Å²) in [5.41, 5.74) is 3.02. The molecule has 6 nitrogen and oxygen atoms in total. The van der Waals surface area contributed by atoms with E-state index in [0.717, 1.165) is 29.8 Å². The number of aromatic nitrogens is 2. The van der Waals surface area contributed by atoms with Crippen LogP contribution in [0.4, 0.5) is 5.69 Å². The fourth-order valence-electron chi connectivity index (χ4n) is 2.92. The van der Waals surface area contributed by atoms with E-state index >= 15 is 0 Å². The zero-order valence-electron chi connectivity index (χ0n) is 14.5. The molecule has 2 amide bonds. The van der Waals surface area contributed by atoms with Gasteiger partial charge in [0.25, 0.3) is 5.91 Å². The van der Waals surface area contributed by atoms with Crippen LogP contribution in [0.3, 0.4) is 0 Å². The van der Waals surface area contributed by atoms with Gasteiger partial charge in [-0.15, -0.1) is 0 Å². The number of nitrogens with one attached hydrogen (secondary N) is 1. The van der Waals surface area contributed by atoms with Crippen LogP contribution in [0.1, 0.15) is 34.6 Å². The minimum atomic E-state index is -0.211. The Morgan fingerprint density at radius 2 is 1.88 bits per heavy atom. The third kappa shape index (κ3) is 4.21. The van der Waals surface area contributed by atoms with E-state index in [1.807, 2.05) is 38.1 Å². The van der Waals surface area contributed by atoms with Gasteiger partial charge in [-0.05, 0) is 38.8 Å². The normalized spacial score (nSPS) is 17.2. The van der Waals surface area contributed by atoms with Crippen LogP contribution in [0.2, 0.25) is 0 Å². The van der Waals surface area contributed by atoms with Crippen LogP contribution in [-0.4, -0.2) is 39.8 Å². The van der Waals surface area contributed by atoms with Crippen molar-refractivity contribution < 1.29 is 9.59 Å². The quantitative estimate of drug-likeness (QED) is 0.933. The Labute approximate surface area is 147 Å². The molecular formula is C19H22N4O2. The molecule has 130 valence electrons. The molecule has 1 fully saturated rings. The van der Waals surface area contributed by atoms with Crippen LogP contribution in [-0.2, 0) is 4.79 Å². The number of benzene rings is 1. The van der Waals surface area contributed by atoms with Gasteiger partial charge in [-0.2, -0.15) is 0 Å². The van der Waals surface area contributed by atoms with Gasteiger partial charge < -0.3 is 10.2 Å². The Kier molecular flexibility index (Phi) is 5.07. The zero-order valence-corrected chi connectivity index (χ0v) is 14.5. The molecule has 0 unspecified atom stereocenters. The maximum Gasteiger partial charge on any atom is 0.274 e.